The van der Waals surface area contributed by atoms with Crippen LogP contribution in [0.15, 0.2) is 24.3 Å². The Labute approximate surface area is 147 Å². The number of alkyl halides is 3. The van der Waals surface area contributed by atoms with E-state index in [1.807, 2.05) is 13.8 Å². The van der Waals surface area contributed by atoms with Crippen molar-refractivity contribution in [1.29, 1.82) is 0 Å². The molecule has 0 aromatic heterocycles. The van der Waals surface area contributed by atoms with Crippen molar-refractivity contribution in [2.75, 3.05) is 39.3 Å². The van der Waals surface area contributed by atoms with E-state index in [0.717, 1.165) is 32.2 Å². The summed E-state index contributed by atoms with van der Waals surface area (Å²) in [5, 5.41) is 9.97. The van der Waals surface area contributed by atoms with Crippen LogP contribution in [0, 0.1) is 0 Å². The second-order valence-corrected chi connectivity index (χ2v) is 6.81. The summed E-state index contributed by atoms with van der Waals surface area (Å²) in [6, 6.07) is 5.51. The Bertz CT molecular complexity index is 529. The van der Waals surface area contributed by atoms with E-state index in [9.17, 15) is 18.3 Å². The van der Waals surface area contributed by atoms with Crippen molar-refractivity contribution >= 4 is 0 Å². The molecule has 1 aromatic carbocycles. The van der Waals surface area contributed by atoms with E-state index in [2.05, 4.69) is 9.80 Å². The fourth-order valence-electron chi connectivity index (χ4n) is 2.89. The van der Waals surface area contributed by atoms with Crippen molar-refractivity contribution in [3.8, 4) is 0 Å². The van der Waals surface area contributed by atoms with E-state index in [1.165, 1.54) is 12.1 Å². The maximum atomic E-state index is 12.8. The summed E-state index contributed by atoms with van der Waals surface area (Å²) in [4.78, 5) is 4.31. The first kappa shape index (κ1) is 20.2. The van der Waals surface area contributed by atoms with Gasteiger partial charge in [0.2, 0.25) is 0 Å². The summed E-state index contributed by atoms with van der Waals surface area (Å²) < 4.78 is 43.7. The van der Waals surface area contributed by atoms with E-state index in [-0.39, 0.29) is 6.10 Å². The van der Waals surface area contributed by atoms with Gasteiger partial charge >= 0.3 is 6.18 Å². The number of halogens is 3. The monoisotopic (exact) mass is 360 g/mol. The highest BCUT2D eigenvalue weighted by molar-refractivity contribution is 5.25. The van der Waals surface area contributed by atoms with Gasteiger partial charge in [0.1, 0.15) is 0 Å². The summed E-state index contributed by atoms with van der Waals surface area (Å²) in [7, 11) is 0. The van der Waals surface area contributed by atoms with Crippen LogP contribution < -0.4 is 0 Å². The van der Waals surface area contributed by atoms with Crippen molar-refractivity contribution in [1.82, 2.24) is 9.80 Å². The molecule has 0 amide bonds. The third-order valence-corrected chi connectivity index (χ3v) is 4.22. The summed E-state index contributed by atoms with van der Waals surface area (Å²) in [6.45, 7) is 8.37. The highest BCUT2D eigenvalue weighted by Crippen LogP contribution is 2.29. The van der Waals surface area contributed by atoms with Crippen LogP contribution in [0.2, 0.25) is 0 Å². The van der Waals surface area contributed by atoms with Gasteiger partial charge in [-0.15, -0.1) is 0 Å². The van der Waals surface area contributed by atoms with Crippen molar-refractivity contribution in [3.05, 3.63) is 35.4 Å². The lowest BCUT2D eigenvalue weighted by Crippen LogP contribution is -2.48. The molecule has 1 saturated heterocycles. The Balaban J connectivity index is 1.77. The topological polar surface area (TPSA) is 35.9 Å². The zero-order valence-corrected chi connectivity index (χ0v) is 14.8. The predicted octanol–water partition coefficient (Wildman–Crippen LogP) is 2.61. The molecule has 1 aliphatic rings. The zero-order chi connectivity index (χ0) is 18.4. The lowest BCUT2D eigenvalue weighted by atomic mass is 10.1. The first-order valence-electron chi connectivity index (χ1n) is 8.64. The molecule has 0 saturated carbocycles. The molecule has 1 unspecified atom stereocenters. The third-order valence-electron chi connectivity index (χ3n) is 4.22. The first-order chi connectivity index (χ1) is 11.7. The minimum atomic E-state index is -4.30. The SMILES string of the molecule is CC(C)OCC(O)CN1CCN(Cc2cccc(C(F)(F)F)c2)CC1. The molecule has 0 spiro atoms. The molecular weight excluding hydrogens is 333 g/mol. The first-order valence-corrected chi connectivity index (χ1v) is 8.64. The molecule has 2 rings (SSSR count). The summed E-state index contributed by atoms with van der Waals surface area (Å²) in [5.74, 6) is 0. The van der Waals surface area contributed by atoms with Gasteiger partial charge in [0, 0.05) is 39.3 Å². The van der Waals surface area contributed by atoms with Gasteiger partial charge in [-0.3, -0.25) is 9.80 Å². The number of piperazine rings is 1. The maximum absolute atomic E-state index is 12.8. The fourth-order valence-corrected chi connectivity index (χ4v) is 2.89. The average Bonchev–Trinajstić information content (AvgIpc) is 2.54. The zero-order valence-electron chi connectivity index (χ0n) is 14.8. The van der Waals surface area contributed by atoms with Gasteiger partial charge in [-0.05, 0) is 25.5 Å². The molecule has 4 nitrogen and oxygen atoms in total. The molecule has 1 aromatic rings. The Morgan fingerprint density at radius 2 is 1.76 bits per heavy atom. The number of aliphatic hydroxyl groups is 1. The second kappa shape index (κ2) is 8.98. The van der Waals surface area contributed by atoms with E-state index < -0.39 is 17.8 Å². The molecule has 1 heterocycles. The van der Waals surface area contributed by atoms with Gasteiger partial charge < -0.3 is 9.84 Å². The minimum Gasteiger partial charge on any atom is -0.389 e. The molecule has 142 valence electrons. The summed E-state index contributed by atoms with van der Waals surface area (Å²) in [5.41, 5.74) is 0.0746. The Morgan fingerprint density at radius 3 is 2.36 bits per heavy atom. The van der Waals surface area contributed by atoms with Crippen LogP contribution in [-0.4, -0.2) is 66.4 Å². The number of ether oxygens (including phenoxy) is 1. The molecule has 0 radical (unpaired) electrons. The van der Waals surface area contributed by atoms with E-state index in [4.69, 9.17) is 4.74 Å². The quantitative estimate of drug-likeness (QED) is 0.811. The molecule has 7 heteroatoms. The average molecular weight is 360 g/mol. The van der Waals surface area contributed by atoms with Gasteiger partial charge in [-0.2, -0.15) is 13.2 Å². The Kier molecular flexibility index (Phi) is 7.25. The lowest BCUT2D eigenvalue weighted by Gasteiger charge is -2.35. The number of aliphatic hydroxyl groups excluding tert-OH is 1. The van der Waals surface area contributed by atoms with Crippen LogP contribution in [-0.2, 0) is 17.5 Å². The molecule has 1 N–H and O–H groups in total. The minimum absolute atomic E-state index is 0.0963. The van der Waals surface area contributed by atoms with Crippen LogP contribution in [0.4, 0.5) is 13.2 Å². The molecule has 0 aliphatic carbocycles. The predicted molar refractivity (Wildman–Crippen MR) is 90.3 cm³/mol. The van der Waals surface area contributed by atoms with Gasteiger partial charge in [-0.25, -0.2) is 0 Å². The fraction of sp³-hybridized carbons (Fsp3) is 0.667. The van der Waals surface area contributed by atoms with Crippen molar-refractivity contribution in [2.24, 2.45) is 0 Å². The molecule has 25 heavy (non-hydrogen) atoms. The number of hydrogen-bond acceptors (Lipinski definition) is 4. The molecule has 1 atom stereocenters. The lowest BCUT2D eigenvalue weighted by molar-refractivity contribution is -0.137. The molecule has 1 fully saturated rings. The standard InChI is InChI=1S/C18H27F3N2O2/c1-14(2)25-13-17(24)12-23-8-6-22(7-9-23)11-15-4-3-5-16(10-15)18(19,20)21/h3-5,10,14,17,24H,6-9,11-13H2,1-2H3. The van der Waals surface area contributed by atoms with Gasteiger partial charge in [-0.1, -0.05) is 18.2 Å². The number of β-amino-alcohol motifs (C(OH)–C–C–N with tert-alkyl or cyclic N) is 1. The normalized spacial score (nSPS) is 18.7. The van der Waals surface area contributed by atoms with Crippen LogP contribution in [0.1, 0.15) is 25.0 Å². The van der Waals surface area contributed by atoms with E-state index in [1.54, 1.807) is 6.07 Å². The smallest absolute Gasteiger partial charge is 0.389 e. The number of rotatable bonds is 7. The van der Waals surface area contributed by atoms with E-state index in [0.29, 0.717) is 25.3 Å². The number of nitrogens with zero attached hydrogens (tertiary/aromatic N) is 2. The van der Waals surface area contributed by atoms with Crippen molar-refractivity contribution in [3.63, 3.8) is 0 Å². The summed E-state index contributed by atoms with van der Waals surface area (Å²) >= 11 is 0. The second-order valence-electron chi connectivity index (χ2n) is 6.81. The Hall–Kier alpha value is -1.15. The van der Waals surface area contributed by atoms with E-state index >= 15 is 0 Å². The largest absolute Gasteiger partial charge is 0.416 e. The van der Waals surface area contributed by atoms with Crippen LogP contribution >= 0.6 is 0 Å². The van der Waals surface area contributed by atoms with Crippen LogP contribution in [0.3, 0.4) is 0 Å². The maximum Gasteiger partial charge on any atom is 0.416 e. The molecule has 1 aliphatic heterocycles. The third kappa shape index (κ3) is 6.93. The van der Waals surface area contributed by atoms with Crippen molar-refractivity contribution < 1.29 is 23.0 Å². The summed E-state index contributed by atoms with van der Waals surface area (Å²) in [6.07, 6.45) is -4.72. The highest BCUT2D eigenvalue weighted by atomic mass is 19.4. The molecule has 0 bridgehead atoms. The van der Waals surface area contributed by atoms with Gasteiger partial charge in [0.05, 0.1) is 24.4 Å². The van der Waals surface area contributed by atoms with Gasteiger partial charge in [0.25, 0.3) is 0 Å². The van der Waals surface area contributed by atoms with Crippen molar-refractivity contribution in [2.45, 2.75) is 38.8 Å². The van der Waals surface area contributed by atoms with Gasteiger partial charge in [0.15, 0.2) is 0 Å². The van der Waals surface area contributed by atoms with Crippen LogP contribution in [0.5, 0.6) is 0 Å². The Morgan fingerprint density at radius 1 is 1.12 bits per heavy atom. The number of hydrogen-bond donors (Lipinski definition) is 1. The number of benzene rings is 1. The van der Waals surface area contributed by atoms with Crippen LogP contribution in [0.25, 0.3) is 0 Å². The molecular formula is C18H27F3N2O2. The highest BCUT2D eigenvalue weighted by Gasteiger charge is 2.30.